The Balaban J connectivity index is 2.58. The Kier molecular flexibility index (Phi) is 3.50. The molecule has 1 heterocycles. The standard InChI is InChI=1S/C13H15ClN2O/c1-3-10(17)11-12(15-16(2)13(11)14)9-7-5-4-6-8-9/h4-8,10,17H,3H2,1-2H3/t10-/m0/s1. The normalized spacial score (nSPS) is 12.7. The minimum Gasteiger partial charge on any atom is -0.388 e. The van der Waals surface area contributed by atoms with Crippen molar-refractivity contribution in [3.63, 3.8) is 0 Å². The maximum Gasteiger partial charge on any atom is 0.133 e. The van der Waals surface area contributed by atoms with E-state index in [-0.39, 0.29) is 0 Å². The predicted octanol–water partition coefficient (Wildman–Crippen LogP) is 3.18. The molecule has 0 aliphatic heterocycles. The van der Waals surface area contributed by atoms with Crippen molar-refractivity contribution in [2.45, 2.75) is 19.4 Å². The number of aliphatic hydroxyl groups is 1. The molecular weight excluding hydrogens is 236 g/mol. The summed E-state index contributed by atoms with van der Waals surface area (Å²) in [5.74, 6) is 0. The fourth-order valence-corrected chi connectivity index (χ4v) is 2.08. The second-order valence-electron chi connectivity index (χ2n) is 3.97. The minimum absolute atomic E-state index is 0.498. The maximum atomic E-state index is 10.0. The third kappa shape index (κ3) is 2.21. The van der Waals surface area contributed by atoms with E-state index in [4.69, 9.17) is 11.6 Å². The van der Waals surface area contributed by atoms with Gasteiger partial charge in [0.15, 0.2) is 0 Å². The van der Waals surface area contributed by atoms with Gasteiger partial charge in [0, 0.05) is 18.2 Å². The number of benzene rings is 1. The molecule has 4 heteroatoms. The van der Waals surface area contributed by atoms with Crippen molar-refractivity contribution in [1.29, 1.82) is 0 Å². The monoisotopic (exact) mass is 250 g/mol. The molecule has 0 radical (unpaired) electrons. The smallest absolute Gasteiger partial charge is 0.133 e. The van der Waals surface area contributed by atoms with E-state index in [0.717, 1.165) is 11.3 Å². The Hall–Kier alpha value is -1.32. The van der Waals surface area contributed by atoms with Gasteiger partial charge in [0.05, 0.1) is 11.8 Å². The fraction of sp³-hybridized carbons (Fsp3) is 0.308. The van der Waals surface area contributed by atoms with Crippen molar-refractivity contribution in [2.24, 2.45) is 7.05 Å². The number of hydrogen-bond donors (Lipinski definition) is 1. The van der Waals surface area contributed by atoms with E-state index in [1.807, 2.05) is 37.3 Å². The summed E-state index contributed by atoms with van der Waals surface area (Å²) in [7, 11) is 1.78. The number of aryl methyl sites for hydroxylation is 1. The summed E-state index contributed by atoms with van der Waals surface area (Å²) in [5.41, 5.74) is 2.44. The summed E-state index contributed by atoms with van der Waals surface area (Å²) in [6.45, 7) is 1.92. The molecule has 0 amide bonds. The predicted molar refractivity (Wildman–Crippen MR) is 68.9 cm³/mol. The Morgan fingerprint density at radius 2 is 2.00 bits per heavy atom. The van der Waals surface area contributed by atoms with Crippen LogP contribution in [-0.2, 0) is 7.05 Å². The molecule has 0 spiro atoms. The molecule has 0 fully saturated rings. The lowest BCUT2D eigenvalue weighted by atomic mass is 10.0. The zero-order chi connectivity index (χ0) is 12.4. The molecule has 1 atom stereocenters. The lowest BCUT2D eigenvalue weighted by Crippen LogP contribution is -1.97. The third-order valence-electron chi connectivity index (χ3n) is 2.78. The molecular formula is C13H15ClN2O. The molecule has 1 aromatic heterocycles. The van der Waals surface area contributed by atoms with Crippen LogP contribution in [-0.4, -0.2) is 14.9 Å². The van der Waals surface area contributed by atoms with E-state index in [0.29, 0.717) is 17.1 Å². The van der Waals surface area contributed by atoms with Crippen molar-refractivity contribution in [3.8, 4) is 11.3 Å². The van der Waals surface area contributed by atoms with Crippen molar-refractivity contribution in [3.05, 3.63) is 41.0 Å². The van der Waals surface area contributed by atoms with Crippen LogP contribution in [0.25, 0.3) is 11.3 Å². The van der Waals surface area contributed by atoms with E-state index < -0.39 is 6.10 Å². The first-order chi connectivity index (χ1) is 8.15. The van der Waals surface area contributed by atoms with Gasteiger partial charge in [-0.2, -0.15) is 5.10 Å². The fourth-order valence-electron chi connectivity index (χ4n) is 1.83. The third-order valence-corrected chi connectivity index (χ3v) is 3.23. The SMILES string of the molecule is CC[C@H](O)c1c(-c2ccccc2)nn(C)c1Cl. The molecule has 1 N–H and O–H groups in total. The van der Waals surface area contributed by atoms with Crippen molar-refractivity contribution in [1.82, 2.24) is 9.78 Å². The molecule has 0 unspecified atom stereocenters. The summed E-state index contributed by atoms with van der Waals surface area (Å²) >= 11 is 6.18. The van der Waals surface area contributed by atoms with E-state index in [1.54, 1.807) is 11.7 Å². The van der Waals surface area contributed by atoms with Crippen LogP contribution >= 0.6 is 11.6 Å². The number of nitrogens with zero attached hydrogens (tertiary/aromatic N) is 2. The first-order valence-corrected chi connectivity index (χ1v) is 5.98. The number of aliphatic hydroxyl groups excluding tert-OH is 1. The molecule has 0 saturated carbocycles. The van der Waals surface area contributed by atoms with E-state index in [9.17, 15) is 5.11 Å². The van der Waals surface area contributed by atoms with Crippen LogP contribution in [0.15, 0.2) is 30.3 Å². The number of halogens is 1. The highest BCUT2D eigenvalue weighted by molar-refractivity contribution is 6.30. The first-order valence-electron chi connectivity index (χ1n) is 5.61. The molecule has 0 aliphatic rings. The quantitative estimate of drug-likeness (QED) is 0.909. The number of aromatic nitrogens is 2. The lowest BCUT2D eigenvalue weighted by molar-refractivity contribution is 0.174. The van der Waals surface area contributed by atoms with Gasteiger partial charge in [0.1, 0.15) is 5.15 Å². The Labute approximate surface area is 106 Å². The molecule has 90 valence electrons. The Morgan fingerprint density at radius 1 is 1.35 bits per heavy atom. The summed E-state index contributed by atoms with van der Waals surface area (Å²) < 4.78 is 1.60. The summed E-state index contributed by atoms with van der Waals surface area (Å²) in [4.78, 5) is 0. The first kappa shape index (κ1) is 12.1. The van der Waals surface area contributed by atoms with Crippen LogP contribution in [0.5, 0.6) is 0 Å². The molecule has 0 bridgehead atoms. The molecule has 17 heavy (non-hydrogen) atoms. The van der Waals surface area contributed by atoms with Gasteiger partial charge in [0.25, 0.3) is 0 Å². The van der Waals surface area contributed by atoms with Gasteiger partial charge in [0.2, 0.25) is 0 Å². The highest BCUT2D eigenvalue weighted by atomic mass is 35.5. The topological polar surface area (TPSA) is 38.1 Å². The number of rotatable bonds is 3. The molecule has 2 aromatic rings. The van der Waals surface area contributed by atoms with Gasteiger partial charge in [-0.25, -0.2) is 0 Å². The van der Waals surface area contributed by atoms with Crippen LogP contribution < -0.4 is 0 Å². The van der Waals surface area contributed by atoms with Crippen LogP contribution in [0, 0.1) is 0 Å². The van der Waals surface area contributed by atoms with Gasteiger partial charge < -0.3 is 5.11 Å². The van der Waals surface area contributed by atoms with E-state index >= 15 is 0 Å². The molecule has 2 rings (SSSR count). The Morgan fingerprint density at radius 3 is 2.59 bits per heavy atom. The highest BCUT2D eigenvalue weighted by Gasteiger charge is 2.21. The van der Waals surface area contributed by atoms with Crippen LogP contribution in [0.4, 0.5) is 0 Å². The van der Waals surface area contributed by atoms with Crippen LogP contribution in [0.3, 0.4) is 0 Å². The van der Waals surface area contributed by atoms with Gasteiger partial charge in [-0.3, -0.25) is 4.68 Å². The van der Waals surface area contributed by atoms with E-state index in [2.05, 4.69) is 5.10 Å². The van der Waals surface area contributed by atoms with Gasteiger partial charge >= 0.3 is 0 Å². The lowest BCUT2D eigenvalue weighted by Gasteiger charge is -2.08. The molecule has 0 saturated heterocycles. The van der Waals surface area contributed by atoms with Gasteiger partial charge in [-0.05, 0) is 6.42 Å². The summed E-state index contributed by atoms with van der Waals surface area (Å²) in [5, 5.41) is 14.9. The minimum atomic E-state index is -0.577. The average Bonchev–Trinajstić information content (AvgIpc) is 2.66. The van der Waals surface area contributed by atoms with Crippen LogP contribution in [0.1, 0.15) is 25.0 Å². The van der Waals surface area contributed by atoms with Crippen molar-refractivity contribution >= 4 is 11.6 Å². The molecule has 1 aromatic carbocycles. The zero-order valence-corrected chi connectivity index (χ0v) is 10.6. The number of hydrogen-bond acceptors (Lipinski definition) is 2. The van der Waals surface area contributed by atoms with Gasteiger partial charge in [-0.1, -0.05) is 48.9 Å². The average molecular weight is 251 g/mol. The summed E-state index contributed by atoms with van der Waals surface area (Å²) in [6.07, 6.45) is 0.0389. The second-order valence-corrected chi connectivity index (χ2v) is 4.32. The second kappa shape index (κ2) is 4.90. The Bertz CT molecular complexity index is 508. The van der Waals surface area contributed by atoms with Crippen molar-refractivity contribution < 1.29 is 5.11 Å². The van der Waals surface area contributed by atoms with Crippen molar-refractivity contribution in [2.75, 3.05) is 0 Å². The van der Waals surface area contributed by atoms with Crippen LogP contribution in [0.2, 0.25) is 5.15 Å². The highest BCUT2D eigenvalue weighted by Crippen LogP contribution is 2.34. The summed E-state index contributed by atoms with van der Waals surface area (Å²) in [6, 6.07) is 9.76. The van der Waals surface area contributed by atoms with E-state index in [1.165, 1.54) is 0 Å². The molecule has 3 nitrogen and oxygen atoms in total. The molecule has 0 aliphatic carbocycles. The zero-order valence-electron chi connectivity index (χ0n) is 9.89. The maximum absolute atomic E-state index is 10.0. The van der Waals surface area contributed by atoms with Gasteiger partial charge in [-0.15, -0.1) is 0 Å². The largest absolute Gasteiger partial charge is 0.388 e.